The zero-order chi connectivity index (χ0) is 27.7. The fourth-order valence-electron chi connectivity index (χ4n) is 3.78. The quantitative estimate of drug-likeness (QED) is 0.224. The number of hydrogen-bond acceptors (Lipinski definition) is 7. The molecule has 3 heterocycles. The van der Waals surface area contributed by atoms with Gasteiger partial charge in [-0.3, -0.25) is 9.48 Å². The number of fused-ring (bicyclic) bond motifs is 1. The van der Waals surface area contributed by atoms with Crippen molar-refractivity contribution in [3.05, 3.63) is 78.4 Å². The fraction of sp³-hybridized carbons (Fsp3) is 0.0800. The smallest absolute Gasteiger partial charge is 0.383 e. The molecule has 3 amide bonds. The Labute approximate surface area is 222 Å². The van der Waals surface area contributed by atoms with Crippen LogP contribution >= 0.6 is 11.3 Å². The van der Waals surface area contributed by atoms with Gasteiger partial charge in [0.2, 0.25) is 0 Å². The van der Waals surface area contributed by atoms with E-state index in [1.165, 1.54) is 17.7 Å². The number of aryl methyl sites for hydroxylation is 1. The van der Waals surface area contributed by atoms with E-state index in [0.717, 1.165) is 29.8 Å². The van der Waals surface area contributed by atoms with Gasteiger partial charge in [0.25, 0.3) is 5.91 Å². The van der Waals surface area contributed by atoms with Gasteiger partial charge in [-0.15, -0.1) is 11.3 Å². The van der Waals surface area contributed by atoms with Crippen molar-refractivity contribution in [2.24, 2.45) is 7.05 Å². The summed E-state index contributed by atoms with van der Waals surface area (Å²) >= 11 is 1.30. The molecule has 14 heteroatoms. The Bertz CT molecular complexity index is 1680. The first-order chi connectivity index (χ1) is 18.6. The van der Waals surface area contributed by atoms with Crippen LogP contribution in [0.2, 0.25) is 0 Å². The molecule has 0 unspecified atom stereocenters. The van der Waals surface area contributed by atoms with Gasteiger partial charge in [-0.2, -0.15) is 18.3 Å². The number of benzene rings is 2. The molecule has 39 heavy (non-hydrogen) atoms. The van der Waals surface area contributed by atoms with Gasteiger partial charge in [0, 0.05) is 35.9 Å². The van der Waals surface area contributed by atoms with Crippen LogP contribution in [0.25, 0.3) is 20.7 Å². The van der Waals surface area contributed by atoms with Crippen molar-refractivity contribution >= 4 is 56.4 Å². The van der Waals surface area contributed by atoms with Crippen molar-refractivity contribution in [3.63, 3.8) is 0 Å². The van der Waals surface area contributed by atoms with Gasteiger partial charge in [0.15, 0.2) is 0 Å². The molecule has 2 aromatic carbocycles. The summed E-state index contributed by atoms with van der Waals surface area (Å²) in [6.45, 7) is 0. The topological polar surface area (TPSA) is 140 Å². The third-order valence-electron chi connectivity index (χ3n) is 5.58. The number of hydrogen-bond donors (Lipinski definition) is 4. The van der Waals surface area contributed by atoms with Crippen LogP contribution in [0, 0.1) is 0 Å². The summed E-state index contributed by atoms with van der Waals surface area (Å²) in [5.41, 5.74) is 7.36. The van der Waals surface area contributed by atoms with Crippen molar-refractivity contribution in [2.75, 3.05) is 21.7 Å². The number of nitrogens with zero attached hydrogens (tertiary/aromatic N) is 4. The van der Waals surface area contributed by atoms with Crippen LogP contribution < -0.4 is 21.7 Å². The van der Waals surface area contributed by atoms with E-state index in [9.17, 15) is 22.8 Å². The van der Waals surface area contributed by atoms with E-state index in [1.807, 2.05) is 0 Å². The number of anilines is 4. The van der Waals surface area contributed by atoms with E-state index in [-0.39, 0.29) is 11.5 Å². The first-order valence-electron chi connectivity index (χ1n) is 11.3. The number of urea groups is 1. The van der Waals surface area contributed by atoms with Crippen LogP contribution in [-0.2, 0) is 13.2 Å². The first kappa shape index (κ1) is 25.7. The maximum Gasteiger partial charge on any atom is 0.416 e. The molecule has 0 atom stereocenters. The highest BCUT2D eigenvalue weighted by Crippen LogP contribution is 2.39. The number of rotatable bonds is 5. The minimum Gasteiger partial charge on any atom is -0.383 e. The number of carbonyl (C=O) groups is 2. The number of nitrogens with two attached hydrogens (primary N) is 1. The second kappa shape index (κ2) is 10.1. The van der Waals surface area contributed by atoms with E-state index in [0.29, 0.717) is 32.0 Å². The average molecular weight is 553 g/mol. The molecule has 10 nitrogen and oxygen atoms in total. The summed E-state index contributed by atoms with van der Waals surface area (Å²) in [6, 6.07) is 9.73. The van der Waals surface area contributed by atoms with Crippen molar-refractivity contribution < 1.29 is 22.8 Å². The Morgan fingerprint density at radius 2 is 1.51 bits per heavy atom. The molecule has 0 fully saturated rings. The zero-order valence-electron chi connectivity index (χ0n) is 20.1. The van der Waals surface area contributed by atoms with E-state index in [2.05, 4.69) is 31.0 Å². The van der Waals surface area contributed by atoms with Crippen LogP contribution in [0.1, 0.15) is 15.9 Å². The van der Waals surface area contributed by atoms with Crippen molar-refractivity contribution in [1.29, 1.82) is 0 Å². The highest BCUT2D eigenvalue weighted by molar-refractivity contribution is 7.22. The molecular formula is C25H19F3N8O2S. The lowest BCUT2D eigenvalue weighted by Gasteiger charge is -2.11. The molecule has 5 rings (SSSR count). The third-order valence-corrected chi connectivity index (χ3v) is 6.73. The normalized spacial score (nSPS) is 11.4. The Morgan fingerprint density at radius 3 is 2.08 bits per heavy atom. The van der Waals surface area contributed by atoms with Gasteiger partial charge in [-0.05, 0) is 48.5 Å². The largest absolute Gasteiger partial charge is 0.416 e. The van der Waals surface area contributed by atoms with E-state index >= 15 is 0 Å². The Balaban J connectivity index is 1.30. The standard InChI is InChI=1S/C25H19F3N8O2S/c1-36-11-13(10-32-36)20-18(19-21(29)30-12-31-23(19)39-20)22(37)33-15-6-8-17(9-7-15)35-24(38)34-16-4-2-14(3-5-16)25(26,27)28/h2-12H,1H3,(H,33,37)(H2,29,30,31)(H2,34,35,38). The molecular weight excluding hydrogens is 533 g/mol. The van der Waals surface area contributed by atoms with Crippen LogP contribution in [0.3, 0.4) is 0 Å². The number of nitrogens with one attached hydrogen (secondary N) is 3. The Morgan fingerprint density at radius 1 is 0.923 bits per heavy atom. The van der Waals surface area contributed by atoms with E-state index < -0.39 is 23.7 Å². The highest BCUT2D eigenvalue weighted by Gasteiger charge is 2.30. The van der Waals surface area contributed by atoms with E-state index in [4.69, 9.17) is 5.73 Å². The number of carbonyl (C=O) groups excluding carboxylic acids is 2. The van der Waals surface area contributed by atoms with E-state index in [1.54, 1.807) is 48.4 Å². The Kier molecular flexibility index (Phi) is 6.62. The molecule has 0 saturated heterocycles. The summed E-state index contributed by atoms with van der Waals surface area (Å²) in [7, 11) is 1.77. The molecule has 0 aliphatic heterocycles. The average Bonchev–Trinajstić information content (AvgIpc) is 3.49. The minimum absolute atomic E-state index is 0.176. The number of amides is 3. The lowest BCUT2D eigenvalue weighted by molar-refractivity contribution is -0.137. The van der Waals surface area contributed by atoms with Gasteiger partial charge in [0.1, 0.15) is 17.0 Å². The second-order valence-corrected chi connectivity index (χ2v) is 9.33. The summed E-state index contributed by atoms with van der Waals surface area (Å²) in [5, 5.41) is 12.5. The van der Waals surface area contributed by atoms with Crippen LogP contribution in [-0.4, -0.2) is 31.7 Å². The predicted molar refractivity (Wildman–Crippen MR) is 143 cm³/mol. The number of aromatic nitrogens is 4. The number of halogens is 3. The molecule has 0 bridgehead atoms. The number of alkyl halides is 3. The predicted octanol–water partition coefficient (Wildman–Crippen LogP) is 5.59. The lowest BCUT2D eigenvalue weighted by atomic mass is 10.1. The molecule has 3 aromatic heterocycles. The van der Waals surface area contributed by atoms with Gasteiger partial charge in [0.05, 0.1) is 27.6 Å². The molecule has 0 saturated carbocycles. The van der Waals surface area contributed by atoms with Gasteiger partial charge in [-0.1, -0.05) is 0 Å². The molecule has 0 spiro atoms. The second-order valence-electron chi connectivity index (χ2n) is 8.33. The monoisotopic (exact) mass is 552 g/mol. The summed E-state index contributed by atoms with van der Waals surface area (Å²) in [5.74, 6) is -0.252. The molecule has 198 valence electrons. The highest BCUT2D eigenvalue weighted by atomic mass is 32.1. The SMILES string of the molecule is Cn1cc(-c2sc3ncnc(N)c3c2C(=O)Nc2ccc(NC(=O)Nc3ccc(C(F)(F)F)cc3)cc2)cn1. The maximum atomic E-state index is 13.4. The lowest BCUT2D eigenvalue weighted by Crippen LogP contribution is -2.19. The summed E-state index contributed by atoms with van der Waals surface area (Å²) in [6.07, 6.45) is 0.292. The van der Waals surface area contributed by atoms with Crippen molar-refractivity contribution in [3.8, 4) is 10.4 Å². The van der Waals surface area contributed by atoms with Gasteiger partial charge in [-0.25, -0.2) is 14.8 Å². The molecule has 5 N–H and O–H groups in total. The fourth-order valence-corrected chi connectivity index (χ4v) is 4.90. The maximum absolute atomic E-state index is 13.4. The van der Waals surface area contributed by atoms with Gasteiger partial charge >= 0.3 is 12.2 Å². The first-order valence-corrected chi connectivity index (χ1v) is 12.1. The Hall–Kier alpha value is -4.98. The molecule has 5 aromatic rings. The molecule has 0 radical (unpaired) electrons. The zero-order valence-corrected chi connectivity index (χ0v) is 20.9. The number of nitrogen functional groups attached to an aromatic ring is 1. The molecule has 0 aliphatic rings. The van der Waals surface area contributed by atoms with Crippen LogP contribution in [0.4, 0.5) is 40.8 Å². The molecule has 0 aliphatic carbocycles. The van der Waals surface area contributed by atoms with Crippen LogP contribution in [0.15, 0.2) is 67.3 Å². The van der Waals surface area contributed by atoms with Crippen LogP contribution in [0.5, 0.6) is 0 Å². The minimum atomic E-state index is -4.46. The summed E-state index contributed by atoms with van der Waals surface area (Å²) in [4.78, 5) is 35.2. The summed E-state index contributed by atoms with van der Waals surface area (Å²) < 4.78 is 39.7. The third kappa shape index (κ3) is 5.50. The van der Waals surface area contributed by atoms with Crippen molar-refractivity contribution in [1.82, 2.24) is 19.7 Å². The van der Waals surface area contributed by atoms with Crippen molar-refractivity contribution in [2.45, 2.75) is 6.18 Å². The number of thiophene rings is 1. The van der Waals surface area contributed by atoms with Gasteiger partial charge < -0.3 is 21.7 Å².